The third kappa shape index (κ3) is 5.45. The molecular weight excluding hydrogens is 757 g/mol. The second-order valence-electron chi connectivity index (χ2n) is 16.0. The number of fused-ring (bicyclic) bond motifs is 10. The molecule has 13 rings (SSSR count). The van der Waals surface area contributed by atoms with Crippen LogP contribution in [0.2, 0.25) is 0 Å². The molecule has 10 aromatic carbocycles. The van der Waals surface area contributed by atoms with Gasteiger partial charge in [-0.05, 0) is 85.9 Å². The summed E-state index contributed by atoms with van der Waals surface area (Å²) in [7, 11) is 0. The van der Waals surface area contributed by atoms with Crippen LogP contribution in [0.5, 0.6) is 0 Å². The standard InChI is InChI=1S/C57H34N4O/c1-2-13-35(14-3-1)39-20-12-21-42(29-39)55-58-56(43-26-25-36-15-4-5-17-38(36)30-43)60-57(59-55)47-33-48-53(62-52-28-27-37-16-8-9-22-44(37)54(48)52)34-51(47)61-49-24-11-10-23-45(49)46-31-40-18-6-7-19-41(40)32-50(46)61/h1-34H. The van der Waals surface area contributed by atoms with Crippen molar-refractivity contribution in [1.29, 1.82) is 0 Å². The second kappa shape index (κ2) is 13.6. The molecule has 0 spiro atoms. The SMILES string of the molecule is c1ccc(-c2cccc(-c3nc(-c4ccc5ccccc5c4)nc(-c4cc5c(cc4-n4c6ccccc6c6cc7ccccc7cc64)oc4ccc6ccccc6c45)n3)c2)cc1. The molecule has 0 atom stereocenters. The first-order valence-corrected chi connectivity index (χ1v) is 20.9. The van der Waals surface area contributed by atoms with E-state index in [0.717, 1.165) is 88.0 Å². The van der Waals surface area contributed by atoms with Crippen LogP contribution in [0, 0.1) is 0 Å². The molecule has 3 heterocycles. The summed E-state index contributed by atoms with van der Waals surface area (Å²) in [5, 5.41) is 11.3. The van der Waals surface area contributed by atoms with Gasteiger partial charge in [-0.2, -0.15) is 0 Å². The largest absolute Gasteiger partial charge is 0.456 e. The van der Waals surface area contributed by atoms with E-state index in [4.69, 9.17) is 19.4 Å². The van der Waals surface area contributed by atoms with Gasteiger partial charge in [-0.15, -0.1) is 0 Å². The lowest BCUT2D eigenvalue weighted by Crippen LogP contribution is -2.04. The Morgan fingerprint density at radius 2 is 0.935 bits per heavy atom. The van der Waals surface area contributed by atoms with E-state index in [2.05, 4.69) is 205 Å². The van der Waals surface area contributed by atoms with Crippen LogP contribution in [0.4, 0.5) is 0 Å². The third-order valence-electron chi connectivity index (χ3n) is 12.4. The molecule has 5 heteroatoms. The minimum atomic E-state index is 0.571. The van der Waals surface area contributed by atoms with E-state index in [1.54, 1.807) is 0 Å². The fourth-order valence-electron chi connectivity index (χ4n) is 9.41. The summed E-state index contributed by atoms with van der Waals surface area (Å²) in [5.74, 6) is 1.77. The average Bonchev–Trinajstić information content (AvgIpc) is 3.87. The highest BCUT2D eigenvalue weighted by Gasteiger charge is 2.23. The molecule has 0 saturated carbocycles. The lowest BCUT2D eigenvalue weighted by molar-refractivity contribution is 0.669. The molecule has 0 saturated heterocycles. The lowest BCUT2D eigenvalue weighted by atomic mass is 10.0. The Bertz CT molecular complexity index is 3940. The molecule has 0 aliphatic heterocycles. The van der Waals surface area contributed by atoms with Crippen LogP contribution in [0.25, 0.3) is 127 Å². The predicted molar refractivity (Wildman–Crippen MR) is 256 cm³/mol. The Labute approximate surface area is 355 Å². The van der Waals surface area contributed by atoms with Gasteiger partial charge in [0.2, 0.25) is 0 Å². The zero-order chi connectivity index (χ0) is 40.7. The van der Waals surface area contributed by atoms with E-state index in [1.807, 2.05) is 6.07 Å². The monoisotopic (exact) mass is 790 g/mol. The van der Waals surface area contributed by atoms with Crippen molar-refractivity contribution < 1.29 is 4.42 Å². The Morgan fingerprint density at radius 3 is 1.76 bits per heavy atom. The zero-order valence-electron chi connectivity index (χ0n) is 33.3. The Hall–Kier alpha value is -8.41. The van der Waals surface area contributed by atoms with Gasteiger partial charge in [0.15, 0.2) is 17.5 Å². The molecule has 5 nitrogen and oxygen atoms in total. The number of benzene rings is 10. The van der Waals surface area contributed by atoms with Gasteiger partial charge >= 0.3 is 0 Å². The molecule has 0 unspecified atom stereocenters. The van der Waals surface area contributed by atoms with E-state index >= 15 is 0 Å². The van der Waals surface area contributed by atoms with E-state index in [0.29, 0.717) is 17.5 Å². The van der Waals surface area contributed by atoms with Gasteiger partial charge in [-0.1, -0.05) is 158 Å². The van der Waals surface area contributed by atoms with Crippen molar-refractivity contribution in [3.63, 3.8) is 0 Å². The van der Waals surface area contributed by atoms with Gasteiger partial charge in [0, 0.05) is 44.3 Å². The summed E-state index contributed by atoms with van der Waals surface area (Å²) in [6, 6.07) is 72.8. The molecule has 0 fully saturated rings. The molecule has 288 valence electrons. The van der Waals surface area contributed by atoms with Crippen LogP contribution in [-0.2, 0) is 0 Å². The van der Waals surface area contributed by atoms with Crippen molar-refractivity contribution in [1.82, 2.24) is 19.5 Å². The topological polar surface area (TPSA) is 56.7 Å². The third-order valence-corrected chi connectivity index (χ3v) is 12.4. The Morgan fingerprint density at radius 1 is 0.323 bits per heavy atom. The molecule has 0 aliphatic rings. The van der Waals surface area contributed by atoms with Gasteiger partial charge in [0.1, 0.15) is 11.2 Å². The number of aromatic nitrogens is 4. The van der Waals surface area contributed by atoms with Crippen LogP contribution in [-0.4, -0.2) is 19.5 Å². The average molecular weight is 791 g/mol. The molecular formula is C57H34N4O. The highest BCUT2D eigenvalue weighted by Crippen LogP contribution is 2.43. The number of nitrogens with zero attached hydrogens (tertiary/aromatic N) is 4. The number of rotatable bonds is 5. The molecule has 0 amide bonds. The molecule has 0 bridgehead atoms. The smallest absolute Gasteiger partial charge is 0.166 e. The van der Waals surface area contributed by atoms with Crippen LogP contribution in [0.3, 0.4) is 0 Å². The van der Waals surface area contributed by atoms with Crippen molar-refractivity contribution in [3.8, 4) is 51.0 Å². The minimum absolute atomic E-state index is 0.571. The fraction of sp³-hybridized carbons (Fsp3) is 0. The quantitative estimate of drug-likeness (QED) is 0.174. The molecule has 13 aromatic rings. The normalized spacial score (nSPS) is 11.9. The summed E-state index contributed by atoms with van der Waals surface area (Å²) in [6.07, 6.45) is 0. The summed E-state index contributed by atoms with van der Waals surface area (Å²) in [5.41, 5.74) is 9.63. The molecule has 0 radical (unpaired) electrons. The summed E-state index contributed by atoms with van der Waals surface area (Å²) in [4.78, 5) is 16.1. The minimum Gasteiger partial charge on any atom is -0.456 e. The van der Waals surface area contributed by atoms with Gasteiger partial charge in [-0.25, -0.2) is 15.0 Å². The summed E-state index contributed by atoms with van der Waals surface area (Å²) in [6.45, 7) is 0. The molecule has 0 aliphatic carbocycles. The number of para-hydroxylation sites is 1. The van der Waals surface area contributed by atoms with E-state index in [1.165, 1.54) is 21.5 Å². The Kier molecular flexibility index (Phi) is 7.54. The zero-order valence-corrected chi connectivity index (χ0v) is 33.3. The van der Waals surface area contributed by atoms with Gasteiger partial charge in [-0.3, -0.25) is 0 Å². The van der Waals surface area contributed by atoms with Gasteiger partial charge in [0.25, 0.3) is 0 Å². The second-order valence-corrected chi connectivity index (χ2v) is 16.0. The van der Waals surface area contributed by atoms with Crippen LogP contribution in [0.1, 0.15) is 0 Å². The van der Waals surface area contributed by atoms with Crippen LogP contribution in [0.15, 0.2) is 211 Å². The summed E-state index contributed by atoms with van der Waals surface area (Å²) >= 11 is 0. The lowest BCUT2D eigenvalue weighted by Gasteiger charge is -2.15. The van der Waals surface area contributed by atoms with Crippen molar-refractivity contribution in [2.75, 3.05) is 0 Å². The Balaban J connectivity index is 1.15. The molecule has 62 heavy (non-hydrogen) atoms. The van der Waals surface area contributed by atoms with Crippen LogP contribution < -0.4 is 0 Å². The maximum absolute atomic E-state index is 6.80. The van der Waals surface area contributed by atoms with E-state index in [9.17, 15) is 0 Å². The van der Waals surface area contributed by atoms with Crippen molar-refractivity contribution >= 4 is 76.1 Å². The van der Waals surface area contributed by atoms with Crippen molar-refractivity contribution in [2.24, 2.45) is 0 Å². The first-order chi connectivity index (χ1) is 30.7. The van der Waals surface area contributed by atoms with Crippen molar-refractivity contribution in [2.45, 2.75) is 0 Å². The van der Waals surface area contributed by atoms with Gasteiger partial charge < -0.3 is 8.98 Å². The summed E-state index contributed by atoms with van der Waals surface area (Å²) < 4.78 is 9.17. The van der Waals surface area contributed by atoms with Crippen LogP contribution >= 0.6 is 0 Å². The van der Waals surface area contributed by atoms with E-state index in [-0.39, 0.29) is 0 Å². The number of hydrogen-bond acceptors (Lipinski definition) is 4. The maximum Gasteiger partial charge on any atom is 0.166 e. The first kappa shape index (κ1) is 34.5. The fourth-order valence-corrected chi connectivity index (χ4v) is 9.41. The molecule has 0 N–H and O–H groups in total. The molecule has 3 aromatic heterocycles. The number of furan rings is 1. The van der Waals surface area contributed by atoms with Gasteiger partial charge in [0.05, 0.1) is 16.7 Å². The number of hydrogen-bond donors (Lipinski definition) is 0. The highest BCUT2D eigenvalue weighted by atomic mass is 16.3. The van der Waals surface area contributed by atoms with Crippen molar-refractivity contribution in [3.05, 3.63) is 206 Å². The highest BCUT2D eigenvalue weighted by molar-refractivity contribution is 6.20. The first-order valence-electron chi connectivity index (χ1n) is 20.9. The predicted octanol–water partition coefficient (Wildman–Crippen LogP) is 15.0. The van der Waals surface area contributed by atoms with E-state index < -0.39 is 0 Å². The maximum atomic E-state index is 6.80.